The van der Waals surface area contributed by atoms with Crippen LogP contribution in [0, 0.1) is 31.6 Å². The smallest absolute Gasteiger partial charge is 0.269 e. The Morgan fingerprint density at radius 1 is 0.653 bits per heavy atom. The third kappa shape index (κ3) is 9.37. The maximum absolute atomic E-state index is 13.5. The Hall–Kier alpha value is -5.55. The van der Waals surface area contributed by atoms with Gasteiger partial charge in [-0.15, -0.1) is 0 Å². The highest BCUT2D eigenvalue weighted by atomic mass is 32.2. The number of nitrogens with zero attached hydrogens (tertiary/aromatic N) is 6. The minimum absolute atomic E-state index is 0.00291. The minimum Gasteiger partial charge on any atom is -0.396 e. The fraction of sp³-hybridized carbons (Fsp3) is 0.460. The van der Waals surface area contributed by atoms with Crippen LogP contribution in [0.5, 0.6) is 0 Å². The number of aryl methyl sites for hydroxylation is 2. The van der Waals surface area contributed by atoms with E-state index in [1.165, 1.54) is 26.5 Å². The zero-order valence-corrected chi connectivity index (χ0v) is 44.0. The molecule has 18 nitrogen and oxygen atoms in total. The topological polar surface area (TPSA) is 266 Å². The summed E-state index contributed by atoms with van der Waals surface area (Å²) in [6.45, 7) is 8.02. The first-order chi connectivity index (χ1) is 34.2. The van der Waals surface area contributed by atoms with Gasteiger partial charge in [-0.3, -0.25) is 0 Å². The monoisotopic (exact) mass is 1060 g/mol. The number of nitrogen functional groups attached to an aromatic ring is 2. The van der Waals surface area contributed by atoms with Gasteiger partial charge in [-0.1, -0.05) is 62.1 Å². The molecule has 0 spiro atoms. The lowest BCUT2D eigenvalue weighted by Gasteiger charge is -2.22. The predicted molar refractivity (Wildman–Crippen MR) is 281 cm³/mol. The Morgan fingerprint density at radius 3 is 1.78 bits per heavy atom. The van der Waals surface area contributed by atoms with Crippen molar-refractivity contribution in [3.8, 4) is 0 Å². The van der Waals surface area contributed by atoms with Crippen LogP contribution in [0.2, 0.25) is 0 Å². The summed E-state index contributed by atoms with van der Waals surface area (Å²) in [6, 6.07) is 16.7. The standard InChI is InChI=1S/C26H31N5O4S2.C24H31N5O4S2/c1-3-18-12-17(15-36(32,33)19-8-9-19)13-23(18)31-24-21-10-11-30(25(21)28-14-22(24)29-26(31)27)37(34,35)20-6-4-16(2)5-7-20;1-3-16-12-17(28-34(30,31)18-8-9-18)13-22(16)27-23-20-10-11-29(24(20)26-14-21(23)25)35(32,33)19-6-4-15(2)5-7-19/h4-7,10-11,14,17-19,23H,3,8-9,12-13,15H2,1-2H3,(H2,27,29);4-7,10-11,14,16-18,22,28H,3,8-9,12-13,25H2,1-2H3,(H,26,27)/t17-,18+,23-;16-,17+,22+/m01/s1. The molecule has 0 bridgehead atoms. The lowest BCUT2D eigenvalue weighted by molar-refractivity contribution is 0.381. The molecule has 0 unspecified atom stereocenters. The number of nitrogens with one attached hydrogen (secondary N) is 2. The fourth-order valence-electron chi connectivity index (χ4n) is 11.0. The van der Waals surface area contributed by atoms with Gasteiger partial charge in [-0.25, -0.2) is 61.3 Å². The molecule has 0 saturated heterocycles. The molecule has 384 valence electrons. The largest absolute Gasteiger partial charge is 0.396 e. The molecule has 5 heterocycles. The lowest BCUT2D eigenvalue weighted by atomic mass is 10.00. The summed E-state index contributed by atoms with van der Waals surface area (Å²) in [6.07, 6.45) is 13.8. The zero-order valence-electron chi connectivity index (χ0n) is 40.7. The summed E-state index contributed by atoms with van der Waals surface area (Å²) in [5.41, 5.74) is 17.7. The third-order valence-electron chi connectivity index (χ3n) is 15.2. The molecule has 5 aromatic heterocycles. The second-order valence-electron chi connectivity index (χ2n) is 20.3. The Kier molecular flexibility index (Phi) is 13.0. The van der Waals surface area contributed by atoms with Crippen molar-refractivity contribution < 1.29 is 33.7 Å². The van der Waals surface area contributed by atoms with Crippen LogP contribution in [-0.2, 0) is 39.9 Å². The van der Waals surface area contributed by atoms with Gasteiger partial charge in [-0.2, -0.15) is 0 Å². The number of fused-ring (bicyclic) bond motifs is 4. The summed E-state index contributed by atoms with van der Waals surface area (Å²) >= 11 is 0. The summed E-state index contributed by atoms with van der Waals surface area (Å²) in [7, 11) is -14.0. The maximum atomic E-state index is 13.5. The second kappa shape index (κ2) is 18.7. The predicted octanol–water partition coefficient (Wildman–Crippen LogP) is 7.28. The van der Waals surface area contributed by atoms with Crippen LogP contribution in [0.15, 0.2) is 95.2 Å². The molecular weight excluding hydrogens is 997 g/mol. The second-order valence-corrected chi connectivity index (χ2v) is 28.3. The summed E-state index contributed by atoms with van der Waals surface area (Å²) in [5.74, 6) is 1.14. The van der Waals surface area contributed by atoms with E-state index in [1.807, 2.05) is 18.4 Å². The van der Waals surface area contributed by atoms with Crippen molar-refractivity contribution in [3.05, 3.63) is 96.6 Å². The van der Waals surface area contributed by atoms with E-state index >= 15 is 0 Å². The molecule has 0 aliphatic heterocycles. The normalized spacial score (nSPS) is 22.9. The van der Waals surface area contributed by atoms with Gasteiger partial charge < -0.3 is 21.4 Å². The molecule has 4 aliphatic carbocycles. The SMILES string of the molecule is CC[C@@H]1C[C@H](CS(=O)(=O)C2CC2)C[C@@H]1n1c(N)nc2cnc3c(ccn3S(=O)(=O)c3ccc(C)cc3)c21.CC[C@@H]1C[C@H](NS(=O)(=O)C2CC2)C[C@@H]1Nc1c(N)cnc2c1ccn2S(=O)(=O)c1ccc(C)cc1. The molecule has 4 saturated carbocycles. The Labute approximate surface area is 421 Å². The Balaban J connectivity index is 0.000000166. The van der Waals surface area contributed by atoms with Crippen molar-refractivity contribution in [1.82, 2.24) is 32.2 Å². The number of sulfonamides is 1. The minimum atomic E-state index is -3.85. The summed E-state index contributed by atoms with van der Waals surface area (Å²) in [4.78, 5) is 13.7. The van der Waals surface area contributed by atoms with Crippen LogP contribution >= 0.6 is 0 Å². The van der Waals surface area contributed by atoms with E-state index in [9.17, 15) is 33.7 Å². The van der Waals surface area contributed by atoms with Crippen LogP contribution in [0.1, 0.15) is 95.2 Å². The molecule has 0 amide bonds. The highest BCUT2D eigenvalue weighted by Gasteiger charge is 2.43. The first-order valence-electron chi connectivity index (χ1n) is 24.7. The number of sulfone groups is 1. The Bertz CT molecular complexity index is 3660. The van der Waals surface area contributed by atoms with Crippen molar-refractivity contribution in [3.63, 3.8) is 0 Å². The average Bonchev–Trinajstić information content (AvgIpc) is 4.17. The highest BCUT2D eigenvalue weighted by molar-refractivity contribution is 7.92. The number of aromatic nitrogens is 6. The number of pyridine rings is 2. The van der Waals surface area contributed by atoms with Gasteiger partial charge in [0.15, 0.2) is 21.1 Å². The molecular formula is C50H62N10O8S4. The van der Waals surface area contributed by atoms with Crippen LogP contribution in [0.3, 0.4) is 0 Å². The summed E-state index contributed by atoms with van der Waals surface area (Å²) in [5, 5.41) is 4.37. The van der Waals surface area contributed by atoms with E-state index in [-0.39, 0.29) is 61.9 Å². The van der Waals surface area contributed by atoms with Crippen LogP contribution in [0.25, 0.3) is 33.1 Å². The van der Waals surface area contributed by atoms with E-state index in [0.717, 1.165) is 68.0 Å². The fourth-order valence-corrected chi connectivity index (χ4v) is 17.3. The maximum Gasteiger partial charge on any atom is 0.269 e. The molecule has 11 rings (SSSR count). The van der Waals surface area contributed by atoms with Crippen LogP contribution in [-0.4, -0.2) is 89.5 Å². The molecule has 4 fully saturated rings. The molecule has 4 aliphatic rings. The third-order valence-corrected chi connectivity index (χ3v) is 23.0. The van der Waals surface area contributed by atoms with Crippen LogP contribution < -0.4 is 21.5 Å². The Morgan fingerprint density at radius 2 is 1.21 bits per heavy atom. The van der Waals surface area contributed by atoms with Gasteiger partial charge in [-0.05, 0) is 119 Å². The van der Waals surface area contributed by atoms with Gasteiger partial charge in [0.25, 0.3) is 20.0 Å². The van der Waals surface area contributed by atoms with Gasteiger partial charge in [0.2, 0.25) is 16.0 Å². The van der Waals surface area contributed by atoms with Gasteiger partial charge >= 0.3 is 0 Å². The molecule has 2 aromatic carbocycles. The first-order valence-corrected chi connectivity index (χ1v) is 30.9. The molecule has 6 atom stereocenters. The molecule has 0 radical (unpaired) electrons. The van der Waals surface area contributed by atoms with Crippen molar-refractivity contribution >= 4 is 90.3 Å². The van der Waals surface area contributed by atoms with Crippen molar-refractivity contribution in [2.24, 2.45) is 17.8 Å². The number of benzene rings is 2. The molecule has 22 heteroatoms. The zero-order chi connectivity index (χ0) is 51.1. The van der Waals surface area contributed by atoms with Crippen molar-refractivity contribution in [2.75, 3.05) is 22.5 Å². The number of rotatable bonds is 15. The molecule has 6 N–H and O–H groups in total. The van der Waals surface area contributed by atoms with E-state index in [2.05, 4.69) is 38.8 Å². The van der Waals surface area contributed by atoms with E-state index in [4.69, 9.17) is 11.5 Å². The lowest BCUT2D eigenvalue weighted by Crippen LogP contribution is -2.36. The number of hydrogen-bond acceptors (Lipinski definition) is 14. The summed E-state index contributed by atoms with van der Waals surface area (Å²) < 4.78 is 111. The highest BCUT2D eigenvalue weighted by Crippen LogP contribution is 2.47. The van der Waals surface area contributed by atoms with Crippen molar-refractivity contribution in [1.29, 1.82) is 0 Å². The van der Waals surface area contributed by atoms with Gasteiger partial charge in [0, 0.05) is 41.3 Å². The molecule has 72 heavy (non-hydrogen) atoms. The van der Waals surface area contributed by atoms with E-state index in [0.29, 0.717) is 57.7 Å². The van der Waals surface area contributed by atoms with Gasteiger partial charge in [0.05, 0.1) is 55.3 Å². The first kappa shape index (κ1) is 50.0. The quantitative estimate of drug-likeness (QED) is 0.0786. The van der Waals surface area contributed by atoms with Crippen LogP contribution in [0.4, 0.5) is 17.3 Å². The van der Waals surface area contributed by atoms with E-state index in [1.54, 1.807) is 66.9 Å². The number of nitrogens with two attached hydrogens (primary N) is 2. The number of anilines is 3. The molecule has 7 aromatic rings. The van der Waals surface area contributed by atoms with Gasteiger partial charge in [0.1, 0.15) is 5.52 Å². The number of imidazole rings is 1. The van der Waals surface area contributed by atoms with E-state index < -0.39 is 39.9 Å². The van der Waals surface area contributed by atoms with Crippen molar-refractivity contribution in [2.45, 2.75) is 130 Å². The average molecular weight is 1060 g/mol. The number of hydrogen-bond donors (Lipinski definition) is 4.